The van der Waals surface area contributed by atoms with Gasteiger partial charge in [0, 0.05) is 62.3 Å². The lowest BCUT2D eigenvalue weighted by molar-refractivity contribution is 1.02. The van der Waals surface area contributed by atoms with Crippen molar-refractivity contribution >= 4 is 21.8 Å². The van der Waals surface area contributed by atoms with E-state index in [-0.39, 0.29) is 0 Å². The Morgan fingerprint density at radius 2 is 0.407 bits per heavy atom. The number of hydrogen-bond donors (Lipinski definition) is 0. The Morgan fingerprint density at radius 3 is 0.721 bits per heavy atom. The molecule has 0 amide bonds. The second-order valence-corrected chi connectivity index (χ2v) is 21.5. The van der Waals surface area contributed by atoms with Gasteiger partial charge in [-0.2, -0.15) is 0 Å². The summed E-state index contributed by atoms with van der Waals surface area (Å²) in [6.45, 7) is 0. The maximum absolute atomic E-state index is 5.32. The summed E-state index contributed by atoms with van der Waals surface area (Å²) in [6, 6.07) is 106. The monoisotopic (exact) mass is 1100 g/mol. The highest BCUT2D eigenvalue weighted by molar-refractivity contribution is 6.16. The molecule has 0 aliphatic rings. The molecule has 0 atom stereocenters. The van der Waals surface area contributed by atoms with E-state index in [1.807, 2.05) is 60.7 Å². The van der Waals surface area contributed by atoms with Crippen molar-refractivity contribution in [3.05, 3.63) is 303 Å². The maximum Gasteiger partial charge on any atom is 0.164 e. The van der Waals surface area contributed by atoms with Gasteiger partial charge in [-0.3, -0.25) is 0 Å². The van der Waals surface area contributed by atoms with Crippen molar-refractivity contribution in [2.75, 3.05) is 0 Å². The van der Waals surface area contributed by atoms with Crippen molar-refractivity contribution in [1.82, 2.24) is 34.5 Å². The predicted molar refractivity (Wildman–Crippen MR) is 352 cm³/mol. The van der Waals surface area contributed by atoms with Gasteiger partial charge in [0.15, 0.2) is 34.9 Å². The van der Waals surface area contributed by atoms with Crippen molar-refractivity contribution in [1.29, 1.82) is 0 Å². The molecule has 3 aromatic heterocycles. The SMILES string of the molecule is Cn1c2c(-c3cccc(-c4nc(-c5ccccc5)nc(-c5cc(-c6ccccc6)cc(-c6ccccc6)c5)n4)c3)cccc2c2cccc(-c3cccc(-c4nc(-c5ccccc5)nc(-c5cc(-c6ccccc6)cc(-c6ccccc6)c5)n4)c3)c21. The molecule has 0 aliphatic carbocycles. The molecule has 0 N–H and O–H groups in total. The lowest BCUT2D eigenvalue weighted by Gasteiger charge is -2.13. The van der Waals surface area contributed by atoms with E-state index < -0.39 is 0 Å². The number of aromatic nitrogens is 7. The van der Waals surface area contributed by atoms with Gasteiger partial charge >= 0.3 is 0 Å². The van der Waals surface area contributed by atoms with Crippen LogP contribution in [0.5, 0.6) is 0 Å². The van der Waals surface area contributed by atoms with Crippen LogP contribution in [0, 0.1) is 0 Å². The van der Waals surface area contributed by atoms with Crippen LogP contribution in [0.2, 0.25) is 0 Å². The Kier molecular flexibility index (Phi) is 13.3. The number of hydrogen-bond acceptors (Lipinski definition) is 6. The third-order valence-electron chi connectivity index (χ3n) is 16.0. The molecule has 3 heterocycles. The number of rotatable bonds is 12. The average Bonchev–Trinajstić information content (AvgIpc) is 2.25. The highest BCUT2D eigenvalue weighted by Crippen LogP contribution is 2.42. The van der Waals surface area contributed by atoms with Crippen LogP contribution in [0.3, 0.4) is 0 Å². The minimum Gasteiger partial charge on any atom is -0.343 e. The van der Waals surface area contributed by atoms with Crippen molar-refractivity contribution < 1.29 is 0 Å². The predicted octanol–water partition coefficient (Wildman–Crippen LogP) is 19.7. The highest BCUT2D eigenvalue weighted by Gasteiger charge is 2.21. The van der Waals surface area contributed by atoms with E-state index in [0.29, 0.717) is 34.9 Å². The van der Waals surface area contributed by atoms with Crippen LogP contribution in [0.4, 0.5) is 0 Å². The van der Waals surface area contributed by atoms with Crippen LogP contribution in [0.15, 0.2) is 303 Å². The van der Waals surface area contributed by atoms with Gasteiger partial charge in [0.1, 0.15) is 0 Å². The summed E-state index contributed by atoms with van der Waals surface area (Å²) in [5.74, 6) is 3.58. The smallest absolute Gasteiger partial charge is 0.164 e. The maximum atomic E-state index is 5.32. The normalized spacial score (nSPS) is 11.3. The molecule has 0 fully saturated rings. The summed E-state index contributed by atoms with van der Waals surface area (Å²) >= 11 is 0. The summed E-state index contributed by atoms with van der Waals surface area (Å²) in [4.78, 5) is 31.5. The Balaban J connectivity index is 0.834. The molecule has 0 aliphatic heterocycles. The van der Waals surface area contributed by atoms with Gasteiger partial charge in [-0.15, -0.1) is 0 Å². The molecule has 0 unspecified atom stereocenters. The molecule has 0 radical (unpaired) electrons. The summed E-state index contributed by atoms with van der Waals surface area (Å²) in [5.41, 5.74) is 20.7. The van der Waals surface area contributed by atoms with E-state index in [4.69, 9.17) is 29.9 Å². The zero-order chi connectivity index (χ0) is 57.3. The molecule has 15 rings (SSSR count). The Bertz CT molecular complexity index is 4540. The van der Waals surface area contributed by atoms with E-state index in [2.05, 4.69) is 254 Å². The Morgan fingerprint density at radius 1 is 0.186 bits per heavy atom. The summed E-state index contributed by atoms with van der Waals surface area (Å²) in [6.07, 6.45) is 0. The minimum absolute atomic E-state index is 0.590. The van der Waals surface area contributed by atoms with Gasteiger partial charge in [-0.1, -0.05) is 255 Å². The van der Waals surface area contributed by atoms with Crippen molar-refractivity contribution in [3.63, 3.8) is 0 Å². The van der Waals surface area contributed by atoms with Gasteiger partial charge in [-0.25, -0.2) is 29.9 Å². The Labute approximate surface area is 499 Å². The molecule has 404 valence electrons. The number of nitrogens with zero attached hydrogens (tertiary/aromatic N) is 7. The first kappa shape index (κ1) is 51.3. The number of para-hydroxylation sites is 2. The molecule has 86 heavy (non-hydrogen) atoms. The second kappa shape index (κ2) is 22.3. The quantitative estimate of drug-likeness (QED) is 0.121. The second-order valence-electron chi connectivity index (χ2n) is 21.5. The molecule has 0 spiro atoms. The van der Waals surface area contributed by atoms with Crippen LogP contribution in [-0.2, 0) is 7.05 Å². The van der Waals surface area contributed by atoms with Crippen LogP contribution in [0.25, 0.3) is 157 Å². The lowest BCUT2D eigenvalue weighted by Crippen LogP contribution is -2.01. The molecule has 0 saturated carbocycles. The summed E-state index contributed by atoms with van der Waals surface area (Å²) in [7, 11) is 2.18. The zero-order valence-electron chi connectivity index (χ0n) is 47.0. The van der Waals surface area contributed by atoms with E-state index in [9.17, 15) is 0 Å². The molecule has 0 saturated heterocycles. The molecule has 12 aromatic carbocycles. The zero-order valence-corrected chi connectivity index (χ0v) is 47.0. The van der Waals surface area contributed by atoms with E-state index in [1.165, 1.54) is 0 Å². The fourth-order valence-corrected chi connectivity index (χ4v) is 11.9. The first-order chi connectivity index (χ1) is 42.5. The number of aryl methyl sites for hydroxylation is 1. The van der Waals surface area contributed by atoms with Gasteiger partial charge in [0.25, 0.3) is 0 Å². The van der Waals surface area contributed by atoms with E-state index >= 15 is 0 Å². The topological polar surface area (TPSA) is 82.3 Å². The van der Waals surface area contributed by atoms with Crippen molar-refractivity contribution in [3.8, 4) is 135 Å². The summed E-state index contributed by atoms with van der Waals surface area (Å²) < 4.78 is 2.35. The standard InChI is InChI=1S/C79H53N7/c1-86-72-68(58-36-20-38-60(44-58)76-80-74(56-32-16-6-17-33-56)82-78(84-76)66-48-62(52-24-8-2-9-25-52)46-63(49-66)53-26-10-3-11-27-53)40-22-42-70(72)71-43-23-41-69(73(71)86)59-37-21-39-61(45-59)77-81-75(57-34-18-7-19-35-57)83-79(85-77)67-50-64(54-28-12-4-13-29-54)47-65(51-67)55-30-14-5-15-31-55/h2-51H,1H3. The highest BCUT2D eigenvalue weighted by atomic mass is 15.0. The lowest BCUT2D eigenvalue weighted by atomic mass is 9.95. The van der Waals surface area contributed by atoms with Gasteiger partial charge in [-0.05, 0) is 104 Å². The molecular weight excluding hydrogens is 1050 g/mol. The fourth-order valence-electron chi connectivity index (χ4n) is 11.9. The summed E-state index contributed by atoms with van der Waals surface area (Å²) in [5, 5.41) is 2.32. The minimum atomic E-state index is 0.590. The largest absolute Gasteiger partial charge is 0.343 e. The number of fused-ring (bicyclic) bond motifs is 3. The molecular formula is C79H53N7. The third kappa shape index (κ3) is 9.99. The van der Waals surface area contributed by atoms with E-state index in [1.54, 1.807) is 0 Å². The first-order valence-electron chi connectivity index (χ1n) is 28.9. The van der Waals surface area contributed by atoms with Gasteiger partial charge in [0.05, 0.1) is 11.0 Å². The van der Waals surface area contributed by atoms with Crippen molar-refractivity contribution in [2.24, 2.45) is 7.05 Å². The number of benzene rings is 12. The fraction of sp³-hybridized carbons (Fsp3) is 0.0127. The van der Waals surface area contributed by atoms with Gasteiger partial charge < -0.3 is 4.57 Å². The van der Waals surface area contributed by atoms with Crippen LogP contribution >= 0.6 is 0 Å². The van der Waals surface area contributed by atoms with Crippen molar-refractivity contribution in [2.45, 2.75) is 0 Å². The molecule has 15 aromatic rings. The van der Waals surface area contributed by atoms with Gasteiger partial charge in [0.2, 0.25) is 0 Å². The van der Waals surface area contributed by atoms with E-state index in [0.717, 1.165) is 122 Å². The average molecular weight is 1100 g/mol. The van der Waals surface area contributed by atoms with Crippen LogP contribution in [-0.4, -0.2) is 34.5 Å². The first-order valence-corrected chi connectivity index (χ1v) is 28.9. The third-order valence-corrected chi connectivity index (χ3v) is 16.0. The molecule has 7 heteroatoms. The van der Waals surface area contributed by atoms with Crippen LogP contribution in [0.1, 0.15) is 0 Å². The van der Waals surface area contributed by atoms with Crippen LogP contribution < -0.4 is 0 Å². The molecule has 7 nitrogen and oxygen atoms in total. The molecule has 0 bridgehead atoms. The Hall–Kier alpha value is -11.5.